The van der Waals surface area contributed by atoms with Crippen LogP contribution < -0.4 is 9.80 Å². The van der Waals surface area contributed by atoms with Gasteiger partial charge < -0.3 is 14.2 Å². The lowest BCUT2D eigenvalue weighted by molar-refractivity contribution is 0.648. The zero-order valence-corrected chi connectivity index (χ0v) is 56.6. The highest BCUT2D eigenvalue weighted by molar-refractivity contribution is 7.26. The molecule has 16 aromatic carbocycles. The van der Waals surface area contributed by atoms with Crippen LogP contribution in [0.3, 0.4) is 0 Å². The smallest absolute Gasteiger partial charge is 0.140 e. The Morgan fingerprint density at radius 2 is 0.569 bits per heavy atom. The van der Waals surface area contributed by atoms with Crippen molar-refractivity contribution in [2.45, 2.75) is 10.8 Å². The summed E-state index contributed by atoms with van der Waals surface area (Å²) in [5.74, 6) is 0. The fraction of sp³-hybridized carbons (Fsp3) is 0.0204. The standard InChI is InChI=1S/C49H33NO.C49H33NS/c2*1-4-16-34(17-5-1)35-18-14-23-38(32-35)50(37-21-8-3-9-22-37)39-30-31-42-43-26-15-29-46(48(43)51-47(42)33-39)49(36-19-6-2-7-20-36)44-27-12-10-24-40(44)41-25-11-13-28-45(41)49/h2*1-33H. The Balaban J connectivity index is 0.000000141. The molecule has 0 saturated carbocycles. The fourth-order valence-corrected chi connectivity index (χ4v) is 18.1. The van der Waals surface area contributed by atoms with Crippen molar-refractivity contribution in [2.24, 2.45) is 0 Å². The number of anilines is 6. The molecule has 20 rings (SSSR count). The van der Waals surface area contributed by atoms with Crippen molar-refractivity contribution < 1.29 is 4.42 Å². The maximum atomic E-state index is 7.10. The molecule has 18 aromatic rings. The van der Waals surface area contributed by atoms with Crippen LogP contribution in [0.25, 0.3) is 86.6 Å². The molecule has 0 fully saturated rings. The van der Waals surface area contributed by atoms with E-state index >= 15 is 0 Å². The van der Waals surface area contributed by atoms with Gasteiger partial charge in [-0.15, -0.1) is 11.3 Å². The topological polar surface area (TPSA) is 19.6 Å². The Morgan fingerprint density at radius 1 is 0.225 bits per heavy atom. The maximum absolute atomic E-state index is 7.10. The van der Waals surface area contributed by atoms with Crippen molar-refractivity contribution in [1.82, 2.24) is 0 Å². The molecule has 0 saturated heterocycles. The highest BCUT2D eigenvalue weighted by Gasteiger charge is 2.49. The van der Waals surface area contributed by atoms with E-state index in [-0.39, 0.29) is 0 Å². The molecule has 102 heavy (non-hydrogen) atoms. The first-order valence-corrected chi connectivity index (χ1v) is 35.9. The first-order chi connectivity index (χ1) is 50.6. The van der Waals surface area contributed by atoms with Crippen LogP contribution in [0.15, 0.2) is 405 Å². The van der Waals surface area contributed by atoms with Crippen LogP contribution in [0, 0.1) is 0 Å². The van der Waals surface area contributed by atoms with E-state index in [2.05, 4.69) is 410 Å². The van der Waals surface area contributed by atoms with Crippen molar-refractivity contribution in [3.63, 3.8) is 0 Å². The average Bonchev–Trinajstić information content (AvgIpc) is 1.52. The van der Waals surface area contributed by atoms with E-state index in [1.807, 2.05) is 11.3 Å². The number of hydrogen-bond donors (Lipinski definition) is 0. The van der Waals surface area contributed by atoms with Crippen LogP contribution in [0.4, 0.5) is 34.1 Å². The number of furan rings is 1. The van der Waals surface area contributed by atoms with E-state index in [0.717, 1.165) is 61.6 Å². The first kappa shape index (κ1) is 60.3. The van der Waals surface area contributed by atoms with E-state index < -0.39 is 10.8 Å². The van der Waals surface area contributed by atoms with Gasteiger partial charge in [0.2, 0.25) is 0 Å². The molecule has 0 unspecified atom stereocenters. The molecule has 2 aromatic heterocycles. The number of fused-ring (bicyclic) bond motifs is 12. The molecule has 0 N–H and O–H groups in total. The zero-order chi connectivity index (χ0) is 67.6. The third kappa shape index (κ3) is 9.78. The number of hydrogen-bond acceptors (Lipinski definition) is 4. The number of rotatable bonds is 12. The predicted octanol–water partition coefficient (Wildman–Crippen LogP) is 26.6. The molecule has 0 spiro atoms. The van der Waals surface area contributed by atoms with Crippen LogP contribution >= 0.6 is 11.3 Å². The normalized spacial score (nSPS) is 12.9. The van der Waals surface area contributed by atoms with Gasteiger partial charge in [-0.2, -0.15) is 0 Å². The molecular weight excluding hydrogens is 1250 g/mol. The summed E-state index contributed by atoms with van der Waals surface area (Å²) in [7, 11) is 0. The van der Waals surface area contributed by atoms with Crippen LogP contribution in [0.1, 0.15) is 44.5 Å². The second-order valence-electron chi connectivity index (χ2n) is 26.5. The van der Waals surface area contributed by atoms with E-state index in [1.165, 1.54) is 104 Å². The number of thiophene rings is 1. The summed E-state index contributed by atoms with van der Waals surface area (Å²) < 4.78 is 9.71. The van der Waals surface area contributed by atoms with Gasteiger partial charge in [0.1, 0.15) is 11.2 Å². The highest BCUT2D eigenvalue weighted by atomic mass is 32.1. The predicted molar refractivity (Wildman–Crippen MR) is 428 cm³/mol. The minimum Gasteiger partial charge on any atom is -0.456 e. The molecule has 2 aliphatic rings. The lowest BCUT2D eigenvalue weighted by Gasteiger charge is -2.34. The zero-order valence-electron chi connectivity index (χ0n) is 55.8. The molecule has 4 heteroatoms. The van der Waals surface area contributed by atoms with Crippen molar-refractivity contribution in [3.05, 3.63) is 445 Å². The molecule has 3 nitrogen and oxygen atoms in total. The Labute approximate surface area is 598 Å². The molecule has 480 valence electrons. The third-order valence-corrected chi connectivity index (χ3v) is 22.3. The Hall–Kier alpha value is -12.9. The molecule has 2 heterocycles. The highest BCUT2D eigenvalue weighted by Crippen LogP contribution is 2.60. The van der Waals surface area contributed by atoms with Gasteiger partial charge >= 0.3 is 0 Å². The second-order valence-corrected chi connectivity index (χ2v) is 27.6. The molecule has 0 radical (unpaired) electrons. The summed E-state index contributed by atoms with van der Waals surface area (Å²) in [6, 6.07) is 145. The van der Waals surface area contributed by atoms with Gasteiger partial charge in [-0.05, 0) is 156 Å². The minimum absolute atomic E-state index is 0.439. The van der Waals surface area contributed by atoms with Crippen LogP contribution in [-0.4, -0.2) is 0 Å². The summed E-state index contributed by atoms with van der Waals surface area (Å²) in [6.07, 6.45) is 0. The van der Waals surface area contributed by atoms with Crippen molar-refractivity contribution >= 4 is 87.6 Å². The average molecular weight is 1320 g/mol. The van der Waals surface area contributed by atoms with E-state index in [1.54, 1.807) is 0 Å². The van der Waals surface area contributed by atoms with Gasteiger partial charge in [0.05, 0.1) is 10.8 Å². The lowest BCUT2D eigenvalue weighted by Crippen LogP contribution is -2.28. The Kier molecular flexibility index (Phi) is 14.9. The Morgan fingerprint density at radius 3 is 1.05 bits per heavy atom. The summed E-state index contributed by atoms with van der Waals surface area (Å²) in [5.41, 5.74) is 27.6. The van der Waals surface area contributed by atoms with Crippen LogP contribution in [0.5, 0.6) is 0 Å². The van der Waals surface area contributed by atoms with Crippen molar-refractivity contribution in [2.75, 3.05) is 9.80 Å². The van der Waals surface area contributed by atoms with E-state index in [0.29, 0.717) is 0 Å². The summed E-state index contributed by atoms with van der Waals surface area (Å²) in [6.45, 7) is 0. The monoisotopic (exact) mass is 1320 g/mol. The van der Waals surface area contributed by atoms with E-state index in [4.69, 9.17) is 4.42 Å². The molecular formula is C98H66N2OS. The quantitative estimate of drug-likeness (QED) is 0.122. The van der Waals surface area contributed by atoms with Gasteiger partial charge in [0.15, 0.2) is 0 Å². The SMILES string of the molecule is c1ccc(-c2cccc(N(c3ccccc3)c3ccc4c(c3)oc3c(C5(c6ccccc6)c6ccccc6-c6ccccc65)cccc34)c2)cc1.c1ccc(-c2cccc(N(c3ccccc3)c3ccc4c(c3)sc3c(C5(c6ccccc6)c6ccccc6-c6ccccc65)cccc34)c2)cc1. The van der Waals surface area contributed by atoms with Gasteiger partial charge in [0.25, 0.3) is 0 Å². The largest absolute Gasteiger partial charge is 0.456 e. The van der Waals surface area contributed by atoms with E-state index in [9.17, 15) is 0 Å². The lowest BCUT2D eigenvalue weighted by atomic mass is 9.67. The van der Waals surface area contributed by atoms with Gasteiger partial charge in [-0.3, -0.25) is 0 Å². The van der Waals surface area contributed by atoms with Gasteiger partial charge in [0, 0.05) is 76.7 Å². The molecule has 0 atom stereocenters. The fourth-order valence-electron chi connectivity index (χ4n) is 16.8. The summed E-state index contributed by atoms with van der Waals surface area (Å²) >= 11 is 1.91. The number of benzene rings is 16. The summed E-state index contributed by atoms with van der Waals surface area (Å²) in [5, 5.41) is 4.80. The van der Waals surface area contributed by atoms with Crippen molar-refractivity contribution in [1.29, 1.82) is 0 Å². The molecule has 0 bridgehead atoms. The molecule has 2 aliphatic carbocycles. The summed E-state index contributed by atoms with van der Waals surface area (Å²) in [4.78, 5) is 4.70. The third-order valence-electron chi connectivity index (χ3n) is 21.1. The molecule has 0 aliphatic heterocycles. The van der Waals surface area contributed by atoms with Gasteiger partial charge in [-0.1, -0.05) is 322 Å². The first-order valence-electron chi connectivity index (χ1n) is 35.0. The van der Waals surface area contributed by atoms with Gasteiger partial charge in [-0.25, -0.2) is 0 Å². The molecule has 0 amide bonds. The van der Waals surface area contributed by atoms with Crippen LogP contribution in [0.2, 0.25) is 0 Å². The number of nitrogens with zero attached hydrogens (tertiary/aromatic N) is 2. The maximum Gasteiger partial charge on any atom is 0.140 e. The van der Waals surface area contributed by atoms with Crippen molar-refractivity contribution in [3.8, 4) is 44.5 Å². The second kappa shape index (κ2) is 25.1. The minimum atomic E-state index is -0.543. The van der Waals surface area contributed by atoms with Crippen LogP contribution in [-0.2, 0) is 10.8 Å². The Bertz CT molecular complexity index is 5670. The number of para-hydroxylation sites is 3.